The van der Waals surface area contributed by atoms with Crippen molar-refractivity contribution < 1.29 is 14.9 Å². The number of ether oxygens (including phenoxy) is 1. The van der Waals surface area contributed by atoms with Crippen LogP contribution in [0.15, 0.2) is 72.8 Å². The first-order valence-corrected chi connectivity index (χ1v) is 8.21. The van der Waals surface area contributed by atoms with Crippen molar-refractivity contribution in [1.29, 1.82) is 0 Å². The summed E-state index contributed by atoms with van der Waals surface area (Å²) in [6.07, 6.45) is 0. The first-order valence-electron chi connectivity index (χ1n) is 8.21. The molecule has 0 amide bonds. The van der Waals surface area contributed by atoms with Crippen LogP contribution in [0.1, 0.15) is 22.3 Å². The lowest BCUT2D eigenvalue weighted by Crippen LogP contribution is -1.93. The average molecular weight is 336 g/mol. The van der Waals surface area contributed by atoms with Crippen molar-refractivity contribution in [2.45, 2.75) is 27.1 Å². The lowest BCUT2D eigenvalue weighted by Gasteiger charge is -2.03. The zero-order chi connectivity index (χ0) is 18.1. The van der Waals surface area contributed by atoms with Crippen LogP contribution in [0.3, 0.4) is 0 Å². The largest absolute Gasteiger partial charge is 0.508 e. The molecule has 0 unspecified atom stereocenters. The van der Waals surface area contributed by atoms with Gasteiger partial charge in [-0.2, -0.15) is 0 Å². The molecule has 3 aromatic rings. The monoisotopic (exact) mass is 336 g/mol. The maximum atomic E-state index is 9.11. The fourth-order valence-electron chi connectivity index (χ4n) is 2.23. The van der Waals surface area contributed by atoms with Gasteiger partial charge in [0.05, 0.1) is 13.2 Å². The SMILES string of the molecule is Cc1c(O)ccc(O)c1C.c1ccc(COCc2ccccc2)cc1. The minimum absolute atomic E-state index is 0.232. The molecule has 0 aliphatic heterocycles. The molecule has 0 aromatic heterocycles. The molecule has 0 radical (unpaired) electrons. The van der Waals surface area contributed by atoms with E-state index in [0.29, 0.717) is 13.2 Å². The topological polar surface area (TPSA) is 49.7 Å². The average Bonchev–Trinajstić information content (AvgIpc) is 2.65. The third-order valence-corrected chi connectivity index (χ3v) is 3.95. The molecular weight excluding hydrogens is 312 g/mol. The molecular formula is C22H24O3. The van der Waals surface area contributed by atoms with E-state index in [1.807, 2.05) is 36.4 Å². The molecule has 0 bridgehead atoms. The molecule has 0 atom stereocenters. The molecule has 0 saturated carbocycles. The Kier molecular flexibility index (Phi) is 7.05. The van der Waals surface area contributed by atoms with Crippen molar-refractivity contribution in [3.8, 4) is 11.5 Å². The van der Waals surface area contributed by atoms with Crippen LogP contribution in [0.2, 0.25) is 0 Å². The molecule has 0 aliphatic carbocycles. The number of benzene rings is 3. The van der Waals surface area contributed by atoms with Crippen molar-refractivity contribution in [2.24, 2.45) is 0 Å². The van der Waals surface area contributed by atoms with Gasteiger partial charge in [-0.3, -0.25) is 0 Å². The van der Waals surface area contributed by atoms with Crippen molar-refractivity contribution in [3.63, 3.8) is 0 Å². The third kappa shape index (κ3) is 5.98. The van der Waals surface area contributed by atoms with Gasteiger partial charge in [-0.25, -0.2) is 0 Å². The van der Waals surface area contributed by atoms with Gasteiger partial charge in [-0.1, -0.05) is 60.7 Å². The fourth-order valence-corrected chi connectivity index (χ4v) is 2.23. The Bertz CT molecular complexity index is 702. The summed E-state index contributed by atoms with van der Waals surface area (Å²) in [5.41, 5.74) is 3.90. The highest BCUT2D eigenvalue weighted by Crippen LogP contribution is 2.26. The molecule has 3 rings (SSSR count). The summed E-state index contributed by atoms with van der Waals surface area (Å²) in [4.78, 5) is 0. The normalized spacial score (nSPS) is 10.0. The Morgan fingerprint density at radius 1 is 0.600 bits per heavy atom. The number of phenols is 2. The van der Waals surface area contributed by atoms with E-state index in [1.54, 1.807) is 13.8 Å². The predicted molar refractivity (Wildman–Crippen MR) is 101 cm³/mol. The zero-order valence-corrected chi connectivity index (χ0v) is 14.6. The molecule has 0 saturated heterocycles. The van der Waals surface area contributed by atoms with E-state index in [9.17, 15) is 0 Å². The van der Waals surface area contributed by atoms with E-state index in [1.165, 1.54) is 23.3 Å². The highest BCUT2D eigenvalue weighted by Gasteiger charge is 2.02. The van der Waals surface area contributed by atoms with Gasteiger partial charge >= 0.3 is 0 Å². The van der Waals surface area contributed by atoms with Gasteiger partial charge < -0.3 is 14.9 Å². The van der Waals surface area contributed by atoms with Gasteiger partial charge in [0.25, 0.3) is 0 Å². The van der Waals surface area contributed by atoms with E-state index in [0.717, 1.165) is 11.1 Å². The van der Waals surface area contributed by atoms with Crippen molar-refractivity contribution in [1.82, 2.24) is 0 Å². The number of aromatic hydroxyl groups is 2. The van der Waals surface area contributed by atoms with Crippen LogP contribution in [-0.4, -0.2) is 10.2 Å². The summed E-state index contributed by atoms with van der Waals surface area (Å²) >= 11 is 0. The minimum atomic E-state index is 0.232. The van der Waals surface area contributed by atoms with Gasteiger partial charge in [0.15, 0.2) is 0 Å². The number of hydrogen-bond donors (Lipinski definition) is 2. The van der Waals surface area contributed by atoms with Crippen LogP contribution >= 0.6 is 0 Å². The summed E-state index contributed by atoms with van der Waals surface area (Å²) < 4.78 is 5.61. The van der Waals surface area contributed by atoms with Crippen molar-refractivity contribution in [3.05, 3.63) is 95.1 Å². The maximum Gasteiger partial charge on any atom is 0.119 e. The van der Waals surface area contributed by atoms with E-state index in [-0.39, 0.29) is 11.5 Å². The second-order valence-electron chi connectivity index (χ2n) is 5.82. The lowest BCUT2D eigenvalue weighted by molar-refractivity contribution is 0.107. The van der Waals surface area contributed by atoms with Crippen LogP contribution in [0.4, 0.5) is 0 Å². The van der Waals surface area contributed by atoms with E-state index >= 15 is 0 Å². The Hall–Kier alpha value is -2.78. The molecule has 0 spiro atoms. The molecule has 130 valence electrons. The number of phenolic OH excluding ortho intramolecular Hbond substituents is 2. The van der Waals surface area contributed by atoms with Gasteiger partial charge in [0.1, 0.15) is 11.5 Å². The maximum absolute atomic E-state index is 9.11. The Labute approximate surface area is 149 Å². The summed E-state index contributed by atoms with van der Waals surface area (Å²) in [7, 11) is 0. The fraction of sp³-hybridized carbons (Fsp3) is 0.182. The second-order valence-corrected chi connectivity index (χ2v) is 5.82. The van der Waals surface area contributed by atoms with Gasteiger partial charge in [0.2, 0.25) is 0 Å². The highest BCUT2D eigenvalue weighted by molar-refractivity contribution is 5.45. The molecule has 3 aromatic carbocycles. The van der Waals surface area contributed by atoms with Crippen LogP contribution in [0.25, 0.3) is 0 Å². The van der Waals surface area contributed by atoms with Crippen molar-refractivity contribution in [2.75, 3.05) is 0 Å². The Morgan fingerprint density at radius 3 is 1.32 bits per heavy atom. The predicted octanol–water partition coefficient (Wildman–Crippen LogP) is 5.12. The smallest absolute Gasteiger partial charge is 0.119 e. The van der Waals surface area contributed by atoms with Gasteiger partial charge in [0, 0.05) is 0 Å². The summed E-state index contributed by atoms with van der Waals surface area (Å²) in [6, 6.07) is 23.4. The van der Waals surface area contributed by atoms with E-state index in [2.05, 4.69) is 24.3 Å². The van der Waals surface area contributed by atoms with Crippen LogP contribution in [-0.2, 0) is 18.0 Å². The Balaban J connectivity index is 0.000000196. The molecule has 2 N–H and O–H groups in total. The molecule has 3 nitrogen and oxygen atoms in total. The molecule has 3 heteroatoms. The summed E-state index contributed by atoms with van der Waals surface area (Å²) in [5.74, 6) is 0.464. The molecule has 0 aliphatic rings. The first-order chi connectivity index (χ1) is 12.1. The Morgan fingerprint density at radius 2 is 0.960 bits per heavy atom. The standard InChI is InChI=1S/C14H14O.C8H10O2/c1-3-7-13(8-4-1)11-15-12-14-9-5-2-6-10-14;1-5-6(2)8(10)4-3-7(5)9/h1-10H,11-12H2;3-4,9-10H,1-2H3. The zero-order valence-electron chi connectivity index (χ0n) is 14.6. The van der Waals surface area contributed by atoms with Crippen LogP contribution in [0.5, 0.6) is 11.5 Å². The van der Waals surface area contributed by atoms with Gasteiger partial charge in [-0.15, -0.1) is 0 Å². The van der Waals surface area contributed by atoms with Crippen LogP contribution < -0.4 is 0 Å². The second kappa shape index (κ2) is 9.50. The third-order valence-electron chi connectivity index (χ3n) is 3.95. The van der Waals surface area contributed by atoms with E-state index in [4.69, 9.17) is 14.9 Å². The van der Waals surface area contributed by atoms with Gasteiger partial charge in [-0.05, 0) is 48.2 Å². The van der Waals surface area contributed by atoms with E-state index < -0.39 is 0 Å². The quantitative estimate of drug-likeness (QED) is 0.650. The molecule has 0 heterocycles. The molecule has 25 heavy (non-hydrogen) atoms. The molecule has 0 fully saturated rings. The number of rotatable bonds is 4. The summed E-state index contributed by atoms with van der Waals surface area (Å²) in [6.45, 7) is 4.89. The van der Waals surface area contributed by atoms with Crippen molar-refractivity contribution >= 4 is 0 Å². The minimum Gasteiger partial charge on any atom is -0.508 e. The first kappa shape index (κ1) is 18.6. The van der Waals surface area contributed by atoms with Crippen LogP contribution in [0, 0.1) is 13.8 Å². The highest BCUT2D eigenvalue weighted by atomic mass is 16.5. The lowest BCUT2D eigenvalue weighted by atomic mass is 10.1. The summed E-state index contributed by atoms with van der Waals surface area (Å²) in [5, 5.41) is 18.2. The number of hydrogen-bond acceptors (Lipinski definition) is 3.